The number of likely N-dealkylation sites (N-methyl/N-ethyl adjacent to an activating group) is 1. The lowest BCUT2D eigenvalue weighted by atomic mass is 10.1. The molecule has 8 nitrogen and oxygen atoms in total. The highest BCUT2D eigenvalue weighted by molar-refractivity contribution is 5.92. The van der Waals surface area contributed by atoms with Gasteiger partial charge in [-0.1, -0.05) is 0 Å². The number of fused-ring (bicyclic) bond motifs is 1. The molecule has 3 aliphatic heterocycles. The van der Waals surface area contributed by atoms with Gasteiger partial charge in [0, 0.05) is 64.6 Å². The predicted octanol–water partition coefficient (Wildman–Crippen LogP) is 0.345. The van der Waals surface area contributed by atoms with Gasteiger partial charge >= 0.3 is 6.03 Å². The molecule has 0 aliphatic carbocycles. The van der Waals surface area contributed by atoms with Crippen LogP contribution in [0.4, 0.5) is 4.79 Å². The van der Waals surface area contributed by atoms with Gasteiger partial charge in [-0.25, -0.2) is 4.79 Å². The third-order valence-electron chi connectivity index (χ3n) is 5.75. The summed E-state index contributed by atoms with van der Waals surface area (Å²) in [5.74, 6) is -0.00130. The maximum Gasteiger partial charge on any atom is 0.320 e. The van der Waals surface area contributed by atoms with Crippen LogP contribution in [0.2, 0.25) is 0 Å². The van der Waals surface area contributed by atoms with Gasteiger partial charge in [0.05, 0.1) is 0 Å². The predicted molar refractivity (Wildman–Crippen MR) is 97.1 cm³/mol. The molecule has 3 amide bonds. The summed E-state index contributed by atoms with van der Waals surface area (Å²) < 4.78 is 1.98. The zero-order valence-electron chi connectivity index (χ0n) is 15.6. The quantitative estimate of drug-likeness (QED) is 0.725. The summed E-state index contributed by atoms with van der Waals surface area (Å²) in [7, 11) is 2.08. The molecule has 2 fully saturated rings. The van der Waals surface area contributed by atoms with E-state index in [1.165, 1.54) is 12.1 Å². The van der Waals surface area contributed by atoms with Crippen molar-refractivity contribution in [2.75, 3.05) is 59.4 Å². The SMILES string of the molecule is CN1CCN(C(=O)N2CCN(C(=O)c3cc4n(n3)CCCC4)CC2)CC1. The minimum atomic E-state index is -0.00130. The number of carbonyl (C=O) groups is 2. The van der Waals surface area contributed by atoms with E-state index >= 15 is 0 Å². The standard InChI is InChI=1S/C18H28N6O2/c1-20-6-8-22(9-7-20)18(26)23-12-10-21(11-13-23)17(25)16-14-15-4-2-3-5-24(15)19-16/h14H,2-13H2,1H3. The van der Waals surface area contributed by atoms with E-state index in [9.17, 15) is 9.59 Å². The molecule has 4 heterocycles. The first-order chi connectivity index (χ1) is 12.6. The van der Waals surface area contributed by atoms with Crippen molar-refractivity contribution < 1.29 is 9.59 Å². The Morgan fingerprint density at radius 2 is 1.46 bits per heavy atom. The van der Waals surface area contributed by atoms with Gasteiger partial charge < -0.3 is 19.6 Å². The smallest absolute Gasteiger partial charge is 0.320 e. The number of rotatable bonds is 1. The Bertz CT molecular complexity index is 648. The van der Waals surface area contributed by atoms with E-state index in [-0.39, 0.29) is 11.9 Å². The third-order valence-corrected chi connectivity index (χ3v) is 5.75. The molecule has 4 rings (SSSR count). The first kappa shape index (κ1) is 17.3. The maximum atomic E-state index is 12.8. The third kappa shape index (κ3) is 3.42. The summed E-state index contributed by atoms with van der Waals surface area (Å²) in [5, 5.41) is 4.49. The van der Waals surface area contributed by atoms with Crippen molar-refractivity contribution in [3.05, 3.63) is 17.5 Å². The van der Waals surface area contributed by atoms with Crippen LogP contribution in [0.25, 0.3) is 0 Å². The summed E-state index contributed by atoms with van der Waals surface area (Å²) >= 11 is 0. The summed E-state index contributed by atoms with van der Waals surface area (Å²) in [6, 6.07) is 2.06. The Kier molecular flexibility index (Phi) is 4.84. The fraction of sp³-hybridized carbons (Fsp3) is 0.722. The van der Waals surface area contributed by atoms with Crippen LogP contribution in [0, 0.1) is 0 Å². The lowest BCUT2D eigenvalue weighted by Gasteiger charge is -2.39. The molecular formula is C18H28N6O2. The summed E-state index contributed by atoms with van der Waals surface area (Å²) in [5.41, 5.74) is 1.73. The average molecular weight is 360 g/mol. The van der Waals surface area contributed by atoms with Crippen molar-refractivity contribution in [1.82, 2.24) is 29.4 Å². The van der Waals surface area contributed by atoms with Crippen molar-refractivity contribution in [1.29, 1.82) is 0 Å². The van der Waals surface area contributed by atoms with E-state index in [0.717, 1.165) is 45.6 Å². The minimum absolute atomic E-state index is 0.00130. The monoisotopic (exact) mass is 360 g/mol. The van der Waals surface area contributed by atoms with Crippen LogP contribution in [0.5, 0.6) is 0 Å². The molecule has 0 unspecified atom stereocenters. The Labute approximate surface area is 154 Å². The molecule has 0 aromatic carbocycles. The van der Waals surface area contributed by atoms with Gasteiger partial charge in [0.1, 0.15) is 0 Å². The van der Waals surface area contributed by atoms with Gasteiger partial charge in [-0.2, -0.15) is 5.10 Å². The number of urea groups is 1. The Morgan fingerprint density at radius 3 is 2.12 bits per heavy atom. The van der Waals surface area contributed by atoms with Crippen LogP contribution in [0.3, 0.4) is 0 Å². The van der Waals surface area contributed by atoms with Gasteiger partial charge in [0.15, 0.2) is 5.69 Å². The van der Waals surface area contributed by atoms with E-state index in [1.807, 2.05) is 25.4 Å². The van der Waals surface area contributed by atoms with Crippen molar-refractivity contribution in [2.45, 2.75) is 25.8 Å². The molecule has 0 atom stereocenters. The molecule has 26 heavy (non-hydrogen) atoms. The first-order valence-corrected chi connectivity index (χ1v) is 9.70. The zero-order chi connectivity index (χ0) is 18.1. The largest absolute Gasteiger partial charge is 0.334 e. The van der Waals surface area contributed by atoms with Crippen LogP contribution < -0.4 is 0 Å². The van der Waals surface area contributed by atoms with Gasteiger partial charge in [-0.05, 0) is 32.4 Å². The number of hydrogen-bond donors (Lipinski definition) is 0. The molecule has 8 heteroatoms. The molecule has 1 aromatic rings. The molecule has 142 valence electrons. The van der Waals surface area contributed by atoms with E-state index in [4.69, 9.17) is 0 Å². The van der Waals surface area contributed by atoms with Crippen molar-refractivity contribution in [3.63, 3.8) is 0 Å². The molecule has 1 aromatic heterocycles. The number of amides is 3. The van der Waals surface area contributed by atoms with E-state index < -0.39 is 0 Å². The van der Waals surface area contributed by atoms with Crippen LogP contribution in [0.15, 0.2) is 6.07 Å². The van der Waals surface area contributed by atoms with Crippen LogP contribution in [0.1, 0.15) is 29.0 Å². The highest BCUT2D eigenvalue weighted by atomic mass is 16.2. The number of aryl methyl sites for hydroxylation is 2. The summed E-state index contributed by atoms with van der Waals surface area (Å²) in [6.45, 7) is 6.71. The number of hydrogen-bond acceptors (Lipinski definition) is 4. The average Bonchev–Trinajstić information content (AvgIpc) is 3.12. The Balaban J connectivity index is 1.32. The molecule has 0 bridgehead atoms. The van der Waals surface area contributed by atoms with Gasteiger partial charge in [-0.15, -0.1) is 0 Å². The molecule has 0 radical (unpaired) electrons. The number of carbonyl (C=O) groups excluding carboxylic acids is 2. The molecule has 0 saturated carbocycles. The molecule has 0 spiro atoms. The topological polar surface area (TPSA) is 64.9 Å². The summed E-state index contributed by atoms with van der Waals surface area (Å²) in [6.07, 6.45) is 3.31. The van der Waals surface area contributed by atoms with Crippen LogP contribution in [-0.4, -0.2) is 101 Å². The lowest BCUT2D eigenvalue weighted by molar-refractivity contribution is 0.0613. The Morgan fingerprint density at radius 1 is 0.846 bits per heavy atom. The van der Waals surface area contributed by atoms with E-state index in [0.29, 0.717) is 31.9 Å². The summed E-state index contributed by atoms with van der Waals surface area (Å²) in [4.78, 5) is 33.3. The minimum Gasteiger partial charge on any atom is -0.334 e. The van der Waals surface area contributed by atoms with E-state index in [1.54, 1.807) is 0 Å². The number of nitrogens with zero attached hydrogens (tertiary/aromatic N) is 6. The maximum absolute atomic E-state index is 12.8. The van der Waals surface area contributed by atoms with Gasteiger partial charge in [0.2, 0.25) is 0 Å². The first-order valence-electron chi connectivity index (χ1n) is 9.70. The van der Waals surface area contributed by atoms with E-state index in [2.05, 4.69) is 17.0 Å². The van der Waals surface area contributed by atoms with Gasteiger partial charge in [0.25, 0.3) is 5.91 Å². The Hall–Kier alpha value is -2.09. The zero-order valence-corrected chi connectivity index (χ0v) is 15.6. The second-order valence-corrected chi connectivity index (χ2v) is 7.55. The molecule has 2 saturated heterocycles. The van der Waals surface area contributed by atoms with Crippen molar-refractivity contribution in [2.24, 2.45) is 0 Å². The highest BCUT2D eigenvalue weighted by Crippen LogP contribution is 2.17. The molecule has 0 N–H and O–H groups in total. The van der Waals surface area contributed by atoms with Crippen molar-refractivity contribution in [3.8, 4) is 0 Å². The fourth-order valence-corrected chi connectivity index (χ4v) is 3.98. The number of aromatic nitrogens is 2. The molecule has 3 aliphatic rings. The number of piperazine rings is 2. The van der Waals surface area contributed by atoms with Crippen LogP contribution in [-0.2, 0) is 13.0 Å². The molecular weight excluding hydrogens is 332 g/mol. The second-order valence-electron chi connectivity index (χ2n) is 7.55. The van der Waals surface area contributed by atoms with Crippen LogP contribution >= 0.6 is 0 Å². The normalized spacial score (nSPS) is 21.7. The second kappa shape index (κ2) is 7.26. The fourth-order valence-electron chi connectivity index (χ4n) is 3.98. The lowest BCUT2D eigenvalue weighted by Crippen LogP contribution is -2.57. The van der Waals surface area contributed by atoms with Gasteiger partial charge in [-0.3, -0.25) is 9.48 Å². The van der Waals surface area contributed by atoms with Crippen molar-refractivity contribution >= 4 is 11.9 Å². The highest BCUT2D eigenvalue weighted by Gasteiger charge is 2.30.